The molecule has 2 rings (SSSR count). The van der Waals surface area contributed by atoms with Gasteiger partial charge in [0.1, 0.15) is 5.82 Å². The third-order valence-corrected chi connectivity index (χ3v) is 3.44. The molecule has 20 heavy (non-hydrogen) atoms. The van der Waals surface area contributed by atoms with E-state index in [1.807, 2.05) is 30.3 Å². The fourth-order valence-corrected chi connectivity index (χ4v) is 2.54. The minimum atomic E-state index is -0.430. The standard InChI is InChI=1S/C15H16N2O2S/c1-9-12(15(18)19-2)13(14(16)17-9)11(20)8-10-6-4-3-5-7-10/h3-7,17H,8,16H2,1-2H3. The van der Waals surface area contributed by atoms with Gasteiger partial charge in [-0.05, 0) is 12.5 Å². The first-order valence-electron chi connectivity index (χ1n) is 6.18. The van der Waals surface area contributed by atoms with Gasteiger partial charge < -0.3 is 15.5 Å². The van der Waals surface area contributed by atoms with Gasteiger partial charge in [-0.1, -0.05) is 42.5 Å². The zero-order valence-electron chi connectivity index (χ0n) is 11.4. The molecule has 1 heterocycles. The number of aromatic amines is 1. The van der Waals surface area contributed by atoms with Crippen molar-refractivity contribution in [1.29, 1.82) is 0 Å². The smallest absolute Gasteiger partial charge is 0.340 e. The number of anilines is 1. The van der Waals surface area contributed by atoms with Crippen LogP contribution in [0.2, 0.25) is 0 Å². The molecule has 0 bridgehead atoms. The lowest BCUT2D eigenvalue weighted by atomic mass is 10.0. The van der Waals surface area contributed by atoms with E-state index in [1.165, 1.54) is 7.11 Å². The van der Waals surface area contributed by atoms with Crippen molar-refractivity contribution in [2.75, 3.05) is 12.8 Å². The van der Waals surface area contributed by atoms with Crippen molar-refractivity contribution < 1.29 is 9.53 Å². The first-order valence-corrected chi connectivity index (χ1v) is 6.59. The number of aromatic nitrogens is 1. The maximum absolute atomic E-state index is 11.9. The zero-order valence-corrected chi connectivity index (χ0v) is 12.2. The van der Waals surface area contributed by atoms with E-state index in [1.54, 1.807) is 6.92 Å². The zero-order chi connectivity index (χ0) is 14.7. The number of hydrogen-bond acceptors (Lipinski definition) is 4. The molecule has 1 aromatic carbocycles. The largest absolute Gasteiger partial charge is 0.465 e. The fraction of sp³-hybridized carbons (Fsp3) is 0.200. The second-order valence-electron chi connectivity index (χ2n) is 4.49. The second-order valence-corrected chi connectivity index (χ2v) is 4.98. The Bertz CT molecular complexity index is 647. The van der Waals surface area contributed by atoms with E-state index >= 15 is 0 Å². The number of esters is 1. The molecule has 1 aromatic heterocycles. The number of methoxy groups -OCH3 is 1. The molecule has 0 saturated carbocycles. The Morgan fingerprint density at radius 1 is 1.30 bits per heavy atom. The van der Waals surface area contributed by atoms with E-state index in [-0.39, 0.29) is 0 Å². The van der Waals surface area contributed by atoms with Crippen molar-refractivity contribution in [2.24, 2.45) is 0 Å². The molecular formula is C15H16N2O2S. The highest BCUT2D eigenvalue weighted by molar-refractivity contribution is 7.80. The average Bonchev–Trinajstić information content (AvgIpc) is 2.73. The van der Waals surface area contributed by atoms with Crippen molar-refractivity contribution >= 4 is 28.9 Å². The lowest BCUT2D eigenvalue weighted by Gasteiger charge is -2.07. The summed E-state index contributed by atoms with van der Waals surface area (Å²) < 4.78 is 4.80. The summed E-state index contributed by atoms with van der Waals surface area (Å²) in [5.41, 5.74) is 8.68. The predicted molar refractivity (Wildman–Crippen MR) is 83.1 cm³/mol. The Labute approximate surface area is 122 Å². The van der Waals surface area contributed by atoms with E-state index in [9.17, 15) is 4.79 Å². The van der Waals surface area contributed by atoms with Crippen molar-refractivity contribution in [2.45, 2.75) is 13.3 Å². The van der Waals surface area contributed by atoms with Crippen molar-refractivity contribution in [3.8, 4) is 0 Å². The number of carbonyl (C=O) groups is 1. The molecule has 0 saturated heterocycles. The van der Waals surface area contributed by atoms with Crippen LogP contribution in [0.5, 0.6) is 0 Å². The monoisotopic (exact) mass is 288 g/mol. The molecule has 0 unspecified atom stereocenters. The van der Waals surface area contributed by atoms with Crippen LogP contribution in [-0.2, 0) is 11.2 Å². The van der Waals surface area contributed by atoms with E-state index in [2.05, 4.69) is 4.98 Å². The molecule has 0 fully saturated rings. The molecule has 0 aliphatic carbocycles. The van der Waals surface area contributed by atoms with E-state index in [0.29, 0.717) is 33.9 Å². The normalized spacial score (nSPS) is 10.3. The molecule has 0 aliphatic heterocycles. The molecule has 3 N–H and O–H groups in total. The predicted octanol–water partition coefficient (Wildman–Crippen LogP) is 2.65. The van der Waals surface area contributed by atoms with Crippen LogP contribution < -0.4 is 5.73 Å². The van der Waals surface area contributed by atoms with Crippen LogP contribution in [-0.4, -0.2) is 22.9 Å². The minimum Gasteiger partial charge on any atom is -0.465 e. The molecule has 0 aliphatic rings. The molecule has 0 radical (unpaired) electrons. The first kappa shape index (κ1) is 14.3. The van der Waals surface area contributed by atoms with Crippen molar-refractivity contribution in [3.05, 3.63) is 52.7 Å². The topological polar surface area (TPSA) is 68.1 Å². The van der Waals surface area contributed by atoms with Crippen LogP contribution >= 0.6 is 12.2 Å². The minimum absolute atomic E-state index is 0.406. The maximum Gasteiger partial charge on any atom is 0.340 e. The lowest BCUT2D eigenvalue weighted by Crippen LogP contribution is -2.11. The molecule has 0 atom stereocenters. The summed E-state index contributed by atoms with van der Waals surface area (Å²) in [6, 6.07) is 9.82. The number of ether oxygens (including phenoxy) is 1. The summed E-state index contributed by atoms with van der Waals surface area (Å²) in [6.45, 7) is 1.78. The van der Waals surface area contributed by atoms with Gasteiger partial charge in [0.15, 0.2) is 0 Å². The number of thiocarbonyl (C=S) groups is 1. The van der Waals surface area contributed by atoms with E-state index < -0.39 is 5.97 Å². The third kappa shape index (κ3) is 2.72. The van der Waals surface area contributed by atoms with Gasteiger partial charge in [-0.2, -0.15) is 0 Å². The Kier molecular flexibility index (Phi) is 4.20. The molecule has 104 valence electrons. The van der Waals surface area contributed by atoms with E-state index in [4.69, 9.17) is 22.7 Å². The summed E-state index contributed by atoms with van der Waals surface area (Å²) in [6.07, 6.45) is 0.557. The summed E-state index contributed by atoms with van der Waals surface area (Å²) >= 11 is 5.45. The molecule has 0 spiro atoms. The second kappa shape index (κ2) is 5.88. The van der Waals surface area contributed by atoms with E-state index in [0.717, 1.165) is 5.56 Å². The van der Waals surface area contributed by atoms with Crippen molar-refractivity contribution in [1.82, 2.24) is 4.98 Å². The van der Waals surface area contributed by atoms with Crippen LogP contribution in [0.3, 0.4) is 0 Å². The summed E-state index contributed by atoms with van der Waals surface area (Å²) in [5, 5.41) is 0. The van der Waals surface area contributed by atoms with Crippen LogP contribution in [0.15, 0.2) is 30.3 Å². The van der Waals surface area contributed by atoms with Crippen LogP contribution in [0.1, 0.15) is 27.2 Å². The number of aryl methyl sites for hydroxylation is 1. The molecule has 4 nitrogen and oxygen atoms in total. The molecular weight excluding hydrogens is 272 g/mol. The van der Waals surface area contributed by atoms with Gasteiger partial charge in [0.25, 0.3) is 0 Å². The van der Waals surface area contributed by atoms with Gasteiger partial charge in [-0.3, -0.25) is 0 Å². The maximum atomic E-state index is 11.9. The summed E-state index contributed by atoms with van der Waals surface area (Å²) in [5.74, 6) is -0.0234. The summed E-state index contributed by atoms with van der Waals surface area (Å²) in [7, 11) is 1.34. The molecule has 0 amide bonds. The average molecular weight is 288 g/mol. The number of nitrogen functional groups attached to an aromatic ring is 1. The van der Waals surface area contributed by atoms with Gasteiger partial charge in [0.2, 0.25) is 0 Å². The lowest BCUT2D eigenvalue weighted by molar-refractivity contribution is 0.0600. The number of nitrogens with two attached hydrogens (primary N) is 1. The Morgan fingerprint density at radius 2 is 1.95 bits per heavy atom. The number of H-pyrrole nitrogens is 1. The Balaban J connectivity index is 2.37. The Hall–Kier alpha value is -2.14. The Morgan fingerprint density at radius 3 is 2.55 bits per heavy atom. The molecule has 5 heteroatoms. The van der Waals surface area contributed by atoms with Gasteiger partial charge >= 0.3 is 5.97 Å². The van der Waals surface area contributed by atoms with Crippen molar-refractivity contribution in [3.63, 3.8) is 0 Å². The molecule has 2 aromatic rings. The van der Waals surface area contributed by atoms with Gasteiger partial charge in [0.05, 0.1) is 12.7 Å². The van der Waals surface area contributed by atoms with Gasteiger partial charge in [0, 0.05) is 22.5 Å². The summed E-state index contributed by atoms with van der Waals surface area (Å²) in [4.78, 5) is 15.4. The number of hydrogen-bond donors (Lipinski definition) is 2. The highest BCUT2D eigenvalue weighted by Crippen LogP contribution is 2.24. The number of rotatable bonds is 4. The SMILES string of the molecule is COC(=O)c1c(C)[nH]c(N)c1C(=S)Cc1ccccc1. The van der Waals surface area contributed by atoms with Gasteiger partial charge in [-0.15, -0.1) is 0 Å². The third-order valence-electron chi connectivity index (χ3n) is 3.09. The quantitative estimate of drug-likeness (QED) is 0.515. The fourth-order valence-electron chi connectivity index (χ4n) is 2.17. The highest BCUT2D eigenvalue weighted by atomic mass is 32.1. The first-order chi connectivity index (χ1) is 9.54. The number of benzene rings is 1. The van der Waals surface area contributed by atoms with Crippen LogP contribution in [0.4, 0.5) is 5.82 Å². The van der Waals surface area contributed by atoms with Crippen LogP contribution in [0.25, 0.3) is 0 Å². The van der Waals surface area contributed by atoms with Gasteiger partial charge in [-0.25, -0.2) is 4.79 Å². The highest BCUT2D eigenvalue weighted by Gasteiger charge is 2.23. The van der Waals surface area contributed by atoms with Crippen LogP contribution in [0, 0.1) is 6.92 Å². The number of carbonyl (C=O) groups excluding carboxylic acids is 1. The number of nitrogens with one attached hydrogen (secondary N) is 1.